The van der Waals surface area contributed by atoms with Gasteiger partial charge in [0.25, 0.3) is 0 Å². The van der Waals surface area contributed by atoms with Gasteiger partial charge in [-0.05, 0) is 49.6 Å². The predicted octanol–water partition coefficient (Wildman–Crippen LogP) is 4.92. The Hall–Kier alpha value is -1.32. The molecule has 0 saturated heterocycles. The van der Waals surface area contributed by atoms with E-state index in [1.807, 2.05) is 19.1 Å². The molecule has 0 bridgehead atoms. The van der Waals surface area contributed by atoms with Gasteiger partial charge in [-0.15, -0.1) is 0 Å². The number of nitrogens with two attached hydrogens (primary N) is 1. The van der Waals surface area contributed by atoms with Crippen molar-refractivity contribution in [2.75, 3.05) is 0 Å². The van der Waals surface area contributed by atoms with Crippen molar-refractivity contribution in [3.05, 3.63) is 63.6 Å². The molecule has 21 heavy (non-hydrogen) atoms. The molecule has 0 aliphatic carbocycles. The maximum absolute atomic E-state index is 6.28. The number of aryl methyl sites for hydroxylation is 2. The van der Waals surface area contributed by atoms with Crippen molar-refractivity contribution < 1.29 is 4.74 Å². The minimum atomic E-state index is -0.129. The van der Waals surface area contributed by atoms with Gasteiger partial charge in [-0.1, -0.05) is 52.7 Å². The number of ether oxygens (including phenoxy) is 1. The van der Waals surface area contributed by atoms with Crippen molar-refractivity contribution >= 4 is 15.9 Å². The highest BCUT2D eigenvalue weighted by atomic mass is 79.9. The number of hydrogen-bond acceptors (Lipinski definition) is 2. The fraction of sp³-hybridized carbons (Fsp3) is 0.333. The zero-order valence-corrected chi connectivity index (χ0v) is 14.4. The fourth-order valence-corrected chi connectivity index (χ4v) is 2.73. The Bertz CT molecular complexity index is 595. The molecule has 0 heterocycles. The summed E-state index contributed by atoms with van der Waals surface area (Å²) in [4.78, 5) is 0. The van der Waals surface area contributed by atoms with Crippen molar-refractivity contribution in [2.45, 2.75) is 39.3 Å². The van der Waals surface area contributed by atoms with E-state index in [-0.39, 0.29) is 12.1 Å². The van der Waals surface area contributed by atoms with Gasteiger partial charge in [0.05, 0.1) is 0 Å². The van der Waals surface area contributed by atoms with Crippen LogP contribution in [-0.2, 0) is 0 Å². The topological polar surface area (TPSA) is 35.2 Å². The molecule has 2 rings (SSSR count). The molecule has 2 unspecified atom stereocenters. The van der Waals surface area contributed by atoms with Gasteiger partial charge in [0.1, 0.15) is 11.9 Å². The summed E-state index contributed by atoms with van der Waals surface area (Å²) in [7, 11) is 0. The zero-order chi connectivity index (χ0) is 15.4. The Kier molecular flexibility index (Phi) is 5.43. The molecule has 0 aliphatic rings. The molecule has 0 aliphatic heterocycles. The van der Waals surface area contributed by atoms with E-state index in [0.29, 0.717) is 0 Å². The van der Waals surface area contributed by atoms with E-state index >= 15 is 0 Å². The second kappa shape index (κ2) is 7.10. The first-order valence-corrected chi connectivity index (χ1v) is 8.05. The summed E-state index contributed by atoms with van der Waals surface area (Å²) in [6.45, 7) is 6.21. The summed E-state index contributed by atoms with van der Waals surface area (Å²) in [5.41, 5.74) is 9.74. The average Bonchev–Trinajstić information content (AvgIpc) is 2.47. The Morgan fingerprint density at radius 1 is 1.10 bits per heavy atom. The van der Waals surface area contributed by atoms with E-state index in [9.17, 15) is 0 Å². The SMILES string of the molecule is CCC(N)C(Oc1ccc(Br)cc1C)c1ccc(C)cc1. The molecule has 3 heteroatoms. The third-order valence-corrected chi connectivity index (χ3v) is 4.15. The second-order valence-corrected chi connectivity index (χ2v) is 6.35. The molecule has 2 aromatic rings. The largest absolute Gasteiger partial charge is 0.484 e. The molecule has 0 fully saturated rings. The highest BCUT2D eigenvalue weighted by Gasteiger charge is 2.21. The average molecular weight is 348 g/mol. The number of rotatable bonds is 5. The van der Waals surface area contributed by atoms with Crippen LogP contribution in [0.15, 0.2) is 46.9 Å². The molecule has 0 radical (unpaired) electrons. The Morgan fingerprint density at radius 2 is 1.76 bits per heavy atom. The number of hydrogen-bond donors (Lipinski definition) is 1. The van der Waals surface area contributed by atoms with Crippen molar-refractivity contribution in [1.29, 1.82) is 0 Å². The minimum absolute atomic E-state index is 0.0317. The minimum Gasteiger partial charge on any atom is -0.484 e. The summed E-state index contributed by atoms with van der Waals surface area (Å²) < 4.78 is 7.29. The van der Waals surface area contributed by atoms with E-state index in [0.717, 1.165) is 27.8 Å². The van der Waals surface area contributed by atoms with Gasteiger partial charge in [0.2, 0.25) is 0 Å². The normalized spacial score (nSPS) is 13.8. The highest BCUT2D eigenvalue weighted by molar-refractivity contribution is 9.10. The third-order valence-electron chi connectivity index (χ3n) is 3.66. The van der Waals surface area contributed by atoms with Crippen LogP contribution in [0.2, 0.25) is 0 Å². The van der Waals surface area contributed by atoms with E-state index < -0.39 is 0 Å². The summed E-state index contributed by atoms with van der Waals surface area (Å²) >= 11 is 3.48. The molecule has 112 valence electrons. The summed E-state index contributed by atoms with van der Waals surface area (Å²) in [6.07, 6.45) is 0.740. The quantitative estimate of drug-likeness (QED) is 0.832. The van der Waals surface area contributed by atoms with Crippen LogP contribution in [0.4, 0.5) is 0 Å². The summed E-state index contributed by atoms with van der Waals surface area (Å²) in [5.74, 6) is 0.882. The van der Waals surface area contributed by atoms with Crippen LogP contribution in [0.3, 0.4) is 0 Å². The van der Waals surface area contributed by atoms with Gasteiger partial charge in [0, 0.05) is 10.5 Å². The van der Waals surface area contributed by atoms with Crippen molar-refractivity contribution in [1.82, 2.24) is 0 Å². The van der Waals surface area contributed by atoms with Gasteiger partial charge < -0.3 is 10.5 Å². The van der Waals surface area contributed by atoms with Crippen LogP contribution >= 0.6 is 15.9 Å². The van der Waals surface area contributed by atoms with Crippen LogP contribution in [0.25, 0.3) is 0 Å². The maximum Gasteiger partial charge on any atom is 0.139 e. The first kappa shape index (κ1) is 16.1. The van der Waals surface area contributed by atoms with E-state index in [1.54, 1.807) is 0 Å². The van der Waals surface area contributed by atoms with Crippen LogP contribution in [0.1, 0.15) is 36.1 Å². The maximum atomic E-state index is 6.28. The van der Waals surface area contributed by atoms with E-state index in [4.69, 9.17) is 10.5 Å². The van der Waals surface area contributed by atoms with Gasteiger partial charge in [-0.25, -0.2) is 0 Å². The smallest absolute Gasteiger partial charge is 0.139 e. The molecule has 0 saturated carbocycles. The molecule has 2 aromatic carbocycles. The summed E-state index contributed by atoms with van der Waals surface area (Å²) in [5, 5.41) is 0. The monoisotopic (exact) mass is 347 g/mol. The Labute approximate surface area is 135 Å². The van der Waals surface area contributed by atoms with Crippen LogP contribution in [-0.4, -0.2) is 6.04 Å². The third kappa shape index (κ3) is 4.08. The van der Waals surface area contributed by atoms with E-state index in [1.165, 1.54) is 5.56 Å². The number of benzene rings is 2. The van der Waals surface area contributed by atoms with Crippen LogP contribution < -0.4 is 10.5 Å². The molecular weight excluding hydrogens is 326 g/mol. The van der Waals surface area contributed by atoms with E-state index in [2.05, 4.69) is 60.1 Å². The molecule has 2 nitrogen and oxygen atoms in total. The molecule has 0 amide bonds. The first-order valence-electron chi connectivity index (χ1n) is 7.26. The van der Waals surface area contributed by atoms with Crippen molar-refractivity contribution in [3.63, 3.8) is 0 Å². The lowest BCUT2D eigenvalue weighted by Gasteiger charge is -2.26. The lowest BCUT2D eigenvalue weighted by Crippen LogP contribution is -2.31. The molecular formula is C18H22BrNO. The molecule has 2 N–H and O–H groups in total. The molecule has 0 spiro atoms. The highest BCUT2D eigenvalue weighted by Crippen LogP contribution is 2.29. The molecule has 2 atom stereocenters. The second-order valence-electron chi connectivity index (χ2n) is 5.43. The van der Waals surface area contributed by atoms with Gasteiger partial charge in [0.15, 0.2) is 0 Å². The summed E-state index contributed by atoms with van der Waals surface area (Å²) in [6, 6.07) is 14.4. The van der Waals surface area contributed by atoms with Gasteiger partial charge >= 0.3 is 0 Å². The van der Waals surface area contributed by atoms with Crippen molar-refractivity contribution in [3.8, 4) is 5.75 Å². The Balaban J connectivity index is 2.30. The van der Waals surface area contributed by atoms with Crippen molar-refractivity contribution in [2.24, 2.45) is 5.73 Å². The Morgan fingerprint density at radius 3 is 2.33 bits per heavy atom. The van der Waals surface area contributed by atoms with Gasteiger partial charge in [-0.2, -0.15) is 0 Å². The van der Waals surface area contributed by atoms with Crippen LogP contribution in [0.5, 0.6) is 5.75 Å². The first-order chi connectivity index (χ1) is 10.0. The van der Waals surface area contributed by atoms with Gasteiger partial charge in [-0.3, -0.25) is 0 Å². The lowest BCUT2D eigenvalue weighted by molar-refractivity contribution is 0.170. The fourth-order valence-electron chi connectivity index (χ4n) is 2.25. The lowest BCUT2D eigenvalue weighted by atomic mass is 9.99. The standard InChI is InChI=1S/C18H22BrNO/c1-4-16(20)18(14-7-5-12(2)6-8-14)21-17-10-9-15(19)11-13(17)3/h5-11,16,18H,4,20H2,1-3H3. The van der Waals surface area contributed by atoms with Crippen LogP contribution in [0, 0.1) is 13.8 Å². The molecule has 0 aromatic heterocycles. The predicted molar refractivity (Wildman–Crippen MR) is 91.7 cm³/mol. The number of halogens is 1. The zero-order valence-electron chi connectivity index (χ0n) is 12.8.